The summed E-state index contributed by atoms with van der Waals surface area (Å²) in [6.07, 6.45) is 76.8. The Morgan fingerprint density at radius 3 is 0.456 bits per heavy atom. The van der Waals surface area contributed by atoms with Crippen molar-refractivity contribution < 1.29 is 0 Å². The van der Waals surface area contributed by atoms with E-state index in [4.69, 9.17) is 0 Å². The van der Waals surface area contributed by atoms with Gasteiger partial charge in [0, 0.05) is 0 Å². The van der Waals surface area contributed by atoms with Crippen molar-refractivity contribution in [3.63, 3.8) is 0 Å². The summed E-state index contributed by atoms with van der Waals surface area (Å²) in [4.78, 5) is 0. The van der Waals surface area contributed by atoms with E-state index in [1.807, 2.05) is 0 Å². The molecule has 0 fully saturated rings. The summed E-state index contributed by atoms with van der Waals surface area (Å²) in [7, 11) is 0. The first-order chi connectivity index (χ1) is 28.2. The highest BCUT2D eigenvalue weighted by molar-refractivity contribution is 14.2. The van der Waals surface area contributed by atoms with Gasteiger partial charge in [0.1, 0.15) is 0 Å². The van der Waals surface area contributed by atoms with Crippen molar-refractivity contribution >= 4 is 28.3 Å². The van der Waals surface area contributed by atoms with Crippen LogP contribution < -0.4 is 0 Å². The molecule has 0 N–H and O–H groups in total. The van der Waals surface area contributed by atoms with E-state index in [0.29, 0.717) is 5.16 Å². The molecule has 57 heavy (non-hydrogen) atoms. The van der Waals surface area contributed by atoms with Gasteiger partial charge in [0.05, 0.1) is 0 Å². The fourth-order valence-corrected chi connectivity index (χ4v) is 12.8. The van der Waals surface area contributed by atoms with Gasteiger partial charge in [0.2, 0.25) is 0 Å². The fraction of sp³-hybridized carbons (Fsp3) is 1.00. The molecule has 0 aliphatic rings. The van der Waals surface area contributed by atoms with E-state index in [2.05, 4.69) is 42.8 Å². The molecule has 1 unspecified atom stereocenters. The van der Waals surface area contributed by atoms with Gasteiger partial charge in [-0.2, -0.15) is 0 Å². The van der Waals surface area contributed by atoms with Gasteiger partial charge in [-0.3, -0.25) is 0 Å². The van der Waals surface area contributed by atoms with Crippen LogP contribution in [0.15, 0.2) is 0 Å². The summed E-state index contributed by atoms with van der Waals surface area (Å²) in [5, 5.41) is 0.669. The molecule has 0 bridgehead atoms. The maximum absolute atomic E-state index is 2.84. The molecule has 0 aliphatic carbocycles. The monoisotopic (exact) mass is 931 g/mol. The van der Waals surface area contributed by atoms with E-state index in [1.54, 1.807) is 0 Å². The van der Waals surface area contributed by atoms with Crippen LogP contribution >= 0.6 is 28.3 Å². The van der Waals surface area contributed by atoms with Crippen LogP contribution in [0, 0.1) is 0 Å². The van der Waals surface area contributed by atoms with Gasteiger partial charge in [0.15, 0.2) is 0 Å². The van der Waals surface area contributed by atoms with Crippen LogP contribution in [0.4, 0.5) is 0 Å². The van der Waals surface area contributed by atoms with Crippen LogP contribution in [-0.4, -0.2) is 5.16 Å². The summed E-state index contributed by atoms with van der Waals surface area (Å²) in [6.45, 7) is 6.97. The molecule has 344 valence electrons. The predicted molar refractivity (Wildman–Crippen MR) is 278 cm³/mol. The molecule has 0 rings (SSSR count). The van der Waals surface area contributed by atoms with Gasteiger partial charge in [-0.15, -0.1) is 0 Å². The summed E-state index contributed by atoms with van der Waals surface area (Å²) < 4.78 is 0. The topological polar surface area (TPSA) is 0 Å². The Balaban J connectivity index is 4.19. The van der Waals surface area contributed by atoms with Gasteiger partial charge in [-0.25, -0.2) is 0 Å². The minimum absolute atomic E-state index is 0.669. The van der Waals surface area contributed by atoms with Gasteiger partial charge in [0.25, 0.3) is 0 Å². The van der Waals surface area contributed by atoms with E-state index < -0.39 is 0 Å². The Hall–Kier alpha value is 1.16. The molecular formula is C55H112IP. The molecule has 0 saturated carbocycles. The molecule has 0 saturated heterocycles. The maximum Gasteiger partial charge on any atom is -0.00315 e. The van der Waals surface area contributed by atoms with Crippen molar-refractivity contribution in [1.82, 2.24) is 0 Å². The lowest BCUT2D eigenvalue weighted by molar-refractivity contribution is 0.400. The quantitative estimate of drug-likeness (QED) is 0.0324. The average molecular weight is 931 g/mol. The van der Waals surface area contributed by atoms with Gasteiger partial charge in [-0.1, -0.05) is 351 Å². The fourth-order valence-electron chi connectivity index (χ4n) is 9.55. The van der Waals surface area contributed by atoms with E-state index in [9.17, 15) is 0 Å². The lowest BCUT2D eigenvalue weighted by Crippen LogP contribution is -2.22. The van der Waals surface area contributed by atoms with E-state index >= 15 is 0 Å². The van der Waals surface area contributed by atoms with Crippen molar-refractivity contribution in [2.75, 3.05) is 0 Å². The van der Waals surface area contributed by atoms with E-state index in [1.165, 1.54) is 327 Å². The van der Waals surface area contributed by atoms with Crippen molar-refractivity contribution in [2.24, 2.45) is 0 Å². The second kappa shape index (κ2) is 51.5. The standard InChI is InChI=1S/C55H112IP/c1-4-7-10-13-16-19-22-25-28-31-34-37-40-43-46-49-52-55(57-56,53-50-47-44-41-38-35-32-29-26-23-20-17-14-11-8-5-2)54-51-48-45-42-39-36-33-30-27-24-21-18-15-12-9-6-3/h57H,4-54H2,1-3H3. The van der Waals surface area contributed by atoms with Crippen molar-refractivity contribution in [2.45, 2.75) is 353 Å². The molecular weight excluding hydrogens is 818 g/mol. The van der Waals surface area contributed by atoms with Crippen LogP contribution in [0.5, 0.6) is 0 Å². The van der Waals surface area contributed by atoms with Crippen LogP contribution in [-0.2, 0) is 0 Å². The van der Waals surface area contributed by atoms with Gasteiger partial charge >= 0.3 is 0 Å². The lowest BCUT2D eigenvalue weighted by Gasteiger charge is -2.32. The number of unbranched alkanes of at least 4 members (excludes halogenated alkanes) is 45. The highest BCUT2D eigenvalue weighted by atomic mass is 127. The second-order valence-corrected chi connectivity index (χ2v) is 22.4. The summed E-state index contributed by atoms with van der Waals surface area (Å²) in [5.41, 5.74) is 0. The predicted octanol–water partition coefficient (Wildman–Crippen LogP) is 22.7. The summed E-state index contributed by atoms with van der Waals surface area (Å²) in [5.74, 6) is 0. The zero-order valence-electron chi connectivity index (χ0n) is 40.4. The van der Waals surface area contributed by atoms with Crippen molar-refractivity contribution in [1.29, 1.82) is 0 Å². The Morgan fingerprint density at radius 2 is 0.333 bits per heavy atom. The smallest absolute Gasteiger partial charge is 0.00315 e. The first-order valence-corrected chi connectivity index (χ1v) is 31.7. The van der Waals surface area contributed by atoms with Crippen molar-refractivity contribution in [3.05, 3.63) is 0 Å². The van der Waals surface area contributed by atoms with Crippen LogP contribution in [0.2, 0.25) is 0 Å². The molecule has 0 amide bonds. The summed E-state index contributed by atoms with van der Waals surface area (Å²) in [6, 6.07) is 0. The Kier molecular flexibility index (Phi) is 52.6. The SMILES string of the molecule is CCCCCCCCCCCCCCCCCCC(CCCCCCCCCCCCCCCCCC)(CCCCCCCCCCCCCCCCCC)PI. The highest BCUT2D eigenvalue weighted by Crippen LogP contribution is 2.49. The van der Waals surface area contributed by atoms with Gasteiger partial charge in [-0.05, 0) is 30.6 Å². The minimum Gasteiger partial charge on any atom is -0.0654 e. The van der Waals surface area contributed by atoms with Crippen molar-refractivity contribution in [3.8, 4) is 0 Å². The van der Waals surface area contributed by atoms with Crippen LogP contribution in [0.1, 0.15) is 348 Å². The number of halogens is 1. The average Bonchev–Trinajstić information content (AvgIpc) is 3.22. The Bertz CT molecular complexity index is 604. The molecule has 0 nitrogen and oxygen atoms in total. The minimum atomic E-state index is 0.669. The molecule has 1 atom stereocenters. The number of rotatable bonds is 52. The third-order valence-corrected chi connectivity index (χ3v) is 18.3. The second-order valence-electron chi connectivity index (χ2n) is 19.5. The normalized spacial score (nSPS) is 12.2. The number of hydrogen-bond donors (Lipinski definition) is 0. The Labute approximate surface area is 379 Å². The molecule has 2 heteroatoms. The third kappa shape index (κ3) is 46.5. The molecule has 0 spiro atoms. The Morgan fingerprint density at radius 1 is 0.211 bits per heavy atom. The van der Waals surface area contributed by atoms with Crippen LogP contribution in [0.3, 0.4) is 0 Å². The first-order valence-electron chi connectivity index (χ1n) is 27.6. The molecule has 0 radical (unpaired) electrons. The van der Waals surface area contributed by atoms with E-state index in [-0.39, 0.29) is 0 Å². The molecule has 0 aromatic heterocycles. The van der Waals surface area contributed by atoms with E-state index in [0.717, 1.165) is 6.22 Å². The maximum atomic E-state index is 2.84. The molecule has 0 aromatic rings. The largest absolute Gasteiger partial charge is 0.0654 e. The molecule has 0 aromatic carbocycles. The first kappa shape index (κ1) is 58.2. The van der Waals surface area contributed by atoms with Crippen LogP contribution in [0.25, 0.3) is 0 Å². The molecule has 0 aliphatic heterocycles. The lowest BCUT2D eigenvalue weighted by atomic mass is 9.88. The number of hydrogen-bond acceptors (Lipinski definition) is 0. The highest BCUT2D eigenvalue weighted by Gasteiger charge is 2.27. The van der Waals surface area contributed by atoms with Gasteiger partial charge < -0.3 is 0 Å². The zero-order valence-corrected chi connectivity index (χ0v) is 43.6. The zero-order chi connectivity index (χ0) is 41.3. The summed E-state index contributed by atoms with van der Waals surface area (Å²) >= 11 is 2.84. The molecule has 0 heterocycles. The third-order valence-electron chi connectivity index (χ3n) is 13.7.